The Labute approximate surface area is 169 Å². The SMILES string of the molecule is CCCCCCCCCCCCCCCC[N+]1(C)CCCC(O)C1.[Br-]. The van der Waals surface area contributed by atoms with Gasteiger partial charge >= 0.3 is 0 Å². The minimum absolute atomic E-state index is 0. The second-order valence-corrected chi connectivity index (χ2v) is 8.64. The van der Waals surface area contributed by atoms with E-state index in [0.29, 0.717) is 0 Å². The van der Waals surface area contributed by atoms with Crippen LogP contribution >= 0.6 is 0 Å². The first-order valence-corrected chi connectivity index (χ1v) is 11.2. The van der Waals surface area contributed by atoms with Crippen LogP contribution in [0.5, 0.6) is 0 Å². The van der Waals surface area contributed by atoms with Crippen molar-refractivity contribution in [1.82, 2.24) is 0 Å². The lowest BCUT2D eigenvalue weighted by Crippen LogP contribution is -3.00. The summed E-state index contributed by atoms with van der Waals surface area (Å²) in [7, 11) is 2.34. The van der Waals surface area contributed by atoms with Crippen molar-refractivity contribution in [2.45, 2.75) is 116 Å². The van der Waals surface area contributed by atoms with Gasteiger partial charge in [0, 0.05) is 0 Å². The third kappa shape index (κ3) is 14.2. The molecule has 0 aliphatic carbocycles. The number of quaternary nitrogens is 1. The number of hydrogen-bond acceptors (Lipinski definition) is 1. The quantitative estimate of drug-likeness (QED) is 0.319. The van der Waals surface area contributed by atoms with Gasteiger partial charge in [-0.15, -0.1) is 0 Å². The molecule has 1 N–H and O–H groups in total. The highest BCUT2D eigenvalue weighted by Crippen LogP contribution is 2.19. The topological polar surface area (TPSA) is 20.2 Å². The second kappa shape index (κ2) is 16.6. The van der Waals surface area contributed by atoms with Gasteiger partial charge in [-0.2, -0.15) is 0 Å². The predicted octanol–water partition coefficient (Wildman–Crippen LogP) is 3.07. The van der Waals surface area contributed by atoms with Crippen LogP contribution in [0.15, 0.2) is 0 Å². The Morgan fingerprint density at radius 1 is 0.760 bits per heavy atom. The van der Waals surface area contributed by atoms with Crippen molar-refractivity contribution >= 4 is 0 Å². The van der Waals surface area contributed by atoms with E-state index in [9.17, 15) is 5.11 Å². The van der Waals surface area contributed by atoms with Gasteiger partial charge in [-0.1, -0.05) is 84.0 Å². The molecule has 1 saturated heterocycles. The lowest BCUT2D eigenvalue weighted by molar-refractivity contribution is -0.917. The maximum Gasteiger partial charge on any atom is 0.105 e. The average Bonchev–Trinajstić information content (AvgIpc) is 2.55. The standard InChI is InChI=1S/C22H46NO.BrH/c1-3-4-5-6-7-8-9-10-11-12-13-14-15-16-19-23(2)20-17-18-22(24)21-23;/h22,24H,3-21H2,1-2H3;1H/q+1;/p-1. The molecule has 1 fully saturated rings. The Balaban J connectivity index is 0.00000576. The van der Waals surface area contributed by atoms with E-state index in [1.807, 2.05) is 0 Å². The predicted molar refractivity (Wildman–Crippen MR) is 106 cm³/mol. The minimum atomic E-state index is -0.0459. The van der Waals surface area contributed by atoms with Crippen LogP contribution in [-0.2, 0) is 0 Å². The first-order chi connectivity index (χ1) is 11.7. The van der Waals surface area contributed by atoms with E-state index in [1.165, 1.54) is 109 Å². The van der Waals surface area contributed by atoms with Crippen molar-refractivity contribution in [3.8, 4) is 0 Å². The van der Waals surface area contributed by atoms with Crippen LogP contribution in [0.25, 0.3) is 0 Å². The molecule has 0 amide bonds. The Hall–Kier alpha value is 0.400. The maximum absolute atomic E-state index is 9.84. The van der Waals surface area contributed by atoms with E-state index in [-0.39, 0.29) is 23.1 Å². The summed E-state index contributed by atoms with van der Waals surface area (Å²) in [6, 6.07) is 0. The molecular weight excluding hydrogens is 374 g/mol. The summed E-state index contributed by atoms with van der Waals surface area (Å²) in [5, 5.41) is 9.84. The summed E-state index contributed by atoms with van der Waals surface area (Å²) in [4.78, 5) is 0. The fourth-order valence-electron chi connectivity index (χ4n) is 4.29. The number of aliphatic hydroxyl groups excluding tert-OH is 1. The van der Waals surface area contributed by atoms with Crippen LogP contribution in [0.4, 0.5) is 0 Å². The molecule has 0 saturated carbocycles. The fourth-order valence-corrected chi connectivity index (χ4v) is 4.29. The van der Waals surface area contributed by atoms with Crippen LogP contribution in [0, 0.1) is 0 Å². The van der Waals surface area contributed by atoms with Crippen molar-refractivity contribution < 1.29 is 26.6 Å². The van der Waals surface area contributed by atoms with Crippen molar-refractivity contribution in [1.29, 1.82) is 0 Å². The van der Waals surface area contributed by atoms with Gasteiger partial charge in [0.2, 0.25) is 0 Å². The maximum atomic E-state index is 9.84. The highest BCUT2D eigenvalue weighted by molar-refractivity contribution is 4.61. The normalized spacial score (nSPS) is 23.4. The summed E-state index contributed by atoms with van der Waals surface area (Å²) >= 11 is 0. The molecule has 0 bridgehead atoms. The first-order valence-electron chi connectivity index (χ1n) is 11.2. The van der Waals surface area contributed by atoms with E-state index in [1.54, 1.807) is 0 Å². The number of likely N-dealkylation sites (N-methyl/N-ethyl adjacent to an activating group) is 1. The number of halogens is 1. The van der Waals surface area contributed by atoms with Gasteiger partial charge < -0.3 is 26.6 Å². The van der Waals surface area contributed by atoms with Crippen molar-refractivity contribution in [2.75, 3.05) is 26.7 Å². The highest BCUT2D eigenvalue weighted by atomic mass is 79.9. The molecule has 25 heavy (non-hydrogen) atoms. The summed E-state index contributed by atoms with van der Waals surface area (Å²) in [6.45, 7) is 5.82. The molecule has 2 unspecified atom stereocenters. The largest absolute Gasteiger partial charge is 1.00 e. The minimum Gasteiger partial charge on any atom is -1.00 e. The Bertz CT molecular complexity index is 287. The van der Waals surface area contributed by atoms with Gasteiger partial charge in [0.05, 0.1) is 20.1 Å². The number of nitrogens with zero attached hydrogens (tertiary/aromatic N) is 1. The van der Waals surface area contributed by atoms with Gasteiger partial charge in [0.25, 0.3) is 0 Å². The summed E-state index contributed by atoms with van der Waals surface area (Å²) in [5.41, 5.74) is 0. The Kier molecular flexibility index (Phi) is 16.8. The van der Waals surface area contributed by atoms with E-state index in [2.05, 4.69) is 14.0 Å². The molecule has 2 atom stereocenters. The molecule has 0 radical (unpaired) electrons. The molecular formula is C22H46BrNO. The molecule has 3 heteroatoms. The zero-order chi connectivity index (χ0) is 17.5. The van der Waals surface area contributed by atoms with Crippen LogP contribution in [-0.4, -0.2) is 42.4 Å². The van der Waals surface area contributed by atoms with Gasteiger partial charge in [-0.3, -0.25) is 0 Å². The molecule has 2 nitrogen and oxygen atoms in total. The van der Waals surface area contributed by atoms with E-state index in [4.69, 9.17) is 0 Å². The molecule has 0 spiro atoms. The number of likely N-dealkylation sites (tertiary alicyclic amines) is 1. The Morgan fingerprint density at radius 3 is 1.64 bits per heavy atom. The molecule has 1 heterocycles. The smallest absolute Gasteiger partial charge is 0.105 e. The third-order valence-electron chi connectivity index (χ3n) is 5.94. The van der Waals surface area contributed by atoms with E-state index < -0.39 is 0 Å². The Morgan fingerprint density at radius 2 is 1.20 bits per heavy atom. The third-order valence-corrected chi connectivity index (χ3v) is 5.94. The highest BCUT2D eigenvalue weighted by Gasteiger charge is 2.29. The molecule has 0 aromatic heterocycles. The number of unbranched alkanes of at least 4 members (excludes halogenated alkanes) is 13. The van der Waals surface area contributed by atoms with Crippen LogP contribution in [0.1, 0.15) is 110 Å². The summed E-state index contributed by atoms with van der Waals surface area (Å²) in [6.07, 6.45) is 22.2. The fraction of sp³-hybridized carbons (Fsp3) is 1.00. The molecule has 1 aliphatic rings. The van der Waals surface area contributed by atoms with Gasteiger partial charge in [0.1, 0.15) is 12.6 Å². The zero-order valence-corrected chi connectivity index (χ0v) is 18.9. The molecule has 0 aromatic rings. The lowest BCUT2D eigenvalue weighted by atomic mass is 10.0. The monoisotopic (exact) mass is 419 g/mol. The van der Waals surface area contributed by atoms with Gasteiger partial charge in [-0.05, 0) is 25.7 Å². The van der Waals surface area contributed by atoms with E-state index >= 15 is 0 Å². The van der Waals surface area contributed by atoms with Crippen LogP contribution < -0.4 is 17.0 Å². The number of rotatable bonds is 15. The summed E-state index contributed by atoms with van der Waals surface area (Å²) in [5.74, 6) is 0. The number of hydrogen-bond donors (Lipinski definition) is 1. The van der Waals surface area contributed by atoms with Crippen LogP contribution in [0.2, 0.25) is 0 Å². The average molecular weight is 421 g/mol. The van der Waals surface area contributed by atoms with Crippen molar-refractivity contribution in [3.05, 3.63) is 0 Å². The molecule has 1 aliphatic heterocycles. The van der Waals surface area contributed by atoms with Gasteiger partial charge in [-0.25, -0.2) is 0 Å². The van der Waals surface area contributed by atoms with Crippen LogP contribution in [0.3, 0.4) is 0 Å². The first kappa shape index (κ1) is 25.4. The lowest BCUT2D eigenvalue weighted by Gasteiger charge is -2.40. The second-order valence-electron chi connectivity index (χ2n) is 8.64. The zero-order valence-electron chi connectivity index (χ0n) is 17.3. The van der Waals surface area contributed by atoms with E-state index in [0.717, 1.165) is 17.4 Å². The van der Waals surface area contributed by atoms with Crippen molar-refractivity contribution in [2.24, 2.45) is 0 Å². The molecule has 152 valence electrons. The number of piperidine rings is 1. The number of aliphatic hydroxyl groups is 1. The molecule has 0 aromatic carbocycles. The van der Waals surface area contributed by atoms with Crippen molar-refractivity contribution in [3.63, 3.8) is 0 Å². The van der Waals surface area contributed by atoms with Gasteiger partial charge in [0.15, 0.2) is 0 Å². The molecule has 1 rings (SSSR count). The summed E-state index contributed by atoms with van der Waals surface area (Å²) < 4.78 is 1.11.